The third kappa shape index (κ3) is 11.9. The predicted molar refractivity (Wildman–Crippen MR) is 243 cm³/mol. The Balaban J connectivity index is 1.15. The van der Waals surface area contributed by atoms with E-state index in [1.165, 1.54) is 37.3 Å². The van der Waals surface area contributed by atoms with Gasteiger partial charge in [-0.1, -0.05) is 0 Å². The Morgan fingerprint density at radius 3 is 1.49 bits per heavy atom. The van der Waals surface area contributed by atoms with E-state index in [-0.39, 0.29) is 57.4 Å². The molecule has 1 aliphatic rings. The first-order valence-corrected chi connectivity index (χ1v) is 25.0. The summed E-state index contributed by atoms with van der Waals surface area (Å²) in [5, 5.41) is 31.7. The summed E-state index contributed by atoms with van der Waals surface area (Å²) in [4.78, 5) is 47.6. The van der Waals surface area contributed by atoms with Crippen LogP contribution in [0.3, 0.4) is 0 Å². The van der Waals surface area contributed by atoms with Crippen molar-refractivity contribution in [1.82, 2.24) is 29.9 Å². The van der Waals surface area contributed by atoms with Gasteiger partial charge >= 0.3 is 5.97 Å². The molecule has 0 saturated carbocycles. The highest BCUT2D eigenvalue weighted by Crippen LogP contribution is 2.36. The van der Waals surface area contributed by atoms with Crippen LogP contribution in [0.1, 0.15) is 5.56 Å². The average Bonchev–Trinajstić information content (AvgIpc) is 3.58. The monoisotopic (exact) mass is 1080 g/mol. The van der Waals surface area contributed by atoms with Gasteiger partial charge in [0, 0.05) is 22.7 Å². The van der Waals surface area contributed by atoms with E-state index in [1.807, 2.05) is 0 Å². The van der Waals surface area contributed by atoms with Gasteiger partial charge in [0.25, 0.3) is 46.4 Å². The normalized spacial score (nSPS) is 14.4. The number of carboxylic acids is 1. The summed E-state index contributed by atoms with van der Waals surface area (Å²) < 4.78 is 134. The van der Waals surface area contributed by atoms with Crippen LogP contribution in [0.15, 0.2) is 114 Å². The quantitative estimate of drug-likeness (QED) is 0.0473. The molecule has 0 fully saturated rings. The van der Waals surface area contributed by atoms with Gasteiger partial charge in [0.1, 0.15) is 10.6 Å². The highest BCUT2D eigenvalue weighted by atomic mass is 35.5. The summed E-state index contributed by atoms with van der Waals surface area (Å²) in [6.07, 6.45) is 0. The molecule has 364 valence electrons. The second-order valence-electron chi connectivity index (χ2n) is 13.8. The summed E-state index contributed by atoms with van der Waals surface area (Å²) in [5.41, 5.74) is -2.02. The van der Waals surface area contributed by atoms with E-state index in [4.69, 9.17) is 23.2 Å². The van der Waals surface area contributed by atoms with E-state index in [1.54, 1.807) is 0 Å². The average molecular weight is 1080 g/mol. The lowest BCUT2D eigenvalue weighted by atomic mass is 10.1. The minimum atomic E-state index is -5.18. The van der Waals surface area contributed by atoms with Crippen LogP contribution in [0.2, 0.25) is 10.6 Å². The number of amides is 1. The zero-order valence-electron chi connectivity index (χ0n) is 34.3. The van der Waals surface area contributed by atoms with Crippen LogP contribution in [0.25, 0.3) is 0 Å². The van der Waals surface area contributed by atoms with Gasteiger partial charge in [-0.25, -0.2) is 4.79 Å². The van der Waals surface area contributed by atoms with E-state index in [0.29, 0.717) is 5.01 Å². The number of carbonyl (C=O) groups is 2. The third-order valence-electron chi connectivity index (χ3n) is 9.06. The van der Waals surface area contributed by atoms with E-state index in [0.717, 1.165) is 48.5 Å². The van der Waals surface area contributed by atoms with Crippen LogP contribution >= 0.6 is 23.2 Å². The fourth-order valence-electron chi connectivity index (χ4n) is 5.91. The number of nitrogens with one attached hydrogen (secondary N) is 4. The van der Waals surface area contributed by atoms with E-state index in [2.05, 4.69) is 66.5 Å². The van der Waals surface area contributed by atoms with Crippen molar-refractivity contribution >= 4 is 139 Å². The summed E-state index contributed by atoms with van der Waals surface area (Å²) in [7, 11) is -19.3. The van der Waals surface area contributed by atoms with Crippen molar-refractivity contribution in [3.63, 3.8) is 0 Å². The van der Waals surface area contributed by atoms with Gasteiger partial charge in [0.05, 0.1) is 20.4 Å². The molecule has 0 saturated heterocycles. The Bertz CT molecular complexity index is 3670. The number of rotatable bonds is 16. The van der Waals surface area contributed by atoms with Gasteiger partial charge in [-0.2, -0.15) is 83.9 Å². The van der Waals surface area contributed by atoms with Crippen molar-refractivity contribution in [2.45, 2.75) is 32.5 Å². The molecule has 1 unspecified atom stereocenters. The Hall–Kier alpha value is -7.47. The molecule has 3 heterocycles. The van der Waals surface area contributed by atoms with Gasteiger partial charge in [0.2, 0.25) is 40.4 Å². The van der Waals surface area contributed by atoms with Gasteiger partial charge in [-0.15, -0.1) is 0 Å². The molecular formula is C35H26Cl2N14O15S4. The SMILES string of the molecule is Cc1c(Nc2nc(Cl)nc(Nc3ccc(S(=O)(=O)O)cc3)n2)cc(S(=O)(=O)O)cc1N1N=C(C(=O)O)C(N=Nc2ccc(Nc3nc(Cl)nc(Nc4ccc(S(=O)(=O)O)cc4)n3)cc2S(=O)(=O)O)C1=O. The lowest BCUT2D eigenvalue weighted by Crippen LogP contribution is -2.33. The number of carbonyl (C=O) groups excluding carboxylic acids is 1. The Kier molecular flexibility index (Phi) is 13.8. The molecule has 9 N–H and O–H groups in total. The van der Waals surface area contributed by atoms with Gasteiger partial charge in [0.15, 0.2) is 5.71 Å². The standard InChI is InChI=1S/C35H26Cl2N14O15S4/c1-15-23(41-35-45-31(37)43-33(47-35)39-17-4-9-20(10-5-17)68(58,59)60)13-21(69(61,62)63)14-24(15)51-28(52)26(27(50-51)29(53)54)49-48-22-11-6-18(12-25(22)70(64,65)66)40-34-44-30(36)42-32(46-34)38-16-2-7-19(8-3-16)67(55,56)57/h2-14,26H,1H3,(H,53,54)(H,55,56,57)(H,58,59,60)(H,61,62,63)(H,64,65,66)(H2,38,40,42,44,46)(H2,39,41,43,45,47). The number of benzene rings is 4. The van der Waals surface area contributed by atoms with Gasteiger partial charge < -0.3 is 26.4 Å². The zero-order chi connectivity index (χ0) is 51.1. The van der Waals surface area contributed by atoms with Gasteiger partial charge in [-0.3, -0.25) is 23.0 Å². The van der Waals surface area contributed by atoms with Crippen LogP contribution in [-0.2, 0) is 50.1 Å². The molecule has 2 aromatic heterocycles. The number of halogens is 2. The lowest BCUT2D eigenvalue weighted by molar-refractivity contribution is -0.130. The molecule has 70 heavy (non-hydrogen) atoms. The smallest absolute Gasteiger partial charge is 0.355 e. The second kappa shape index (κ2) is 19.1. The second-order valence-corrected chi connectivity index (χ2v) is 20.1. The summed E-state index contributed by atoms with van der Waals surface area (Å²) in [6, 6.07) is 11.9. The fourth-order valence-corrected chi connectivity index (χ4v) is 8.36. The van der Waals surface area contributed by atoms with E-state index in [9.17, 15) is 66.6 Å². The molecule has 29 nitrogen and oxygen atoms in total. The molecule has 7 rings (SSSR count). The number of carboxylic acid groups (broad SMARTS) is 1. The number of aromatic nitrogens is 6. The molecule has 0 radical (unpaired) electrons. The molecule has 4 aromatic carbocycles. The third-order valence-corrected chi connectivity index (χ3v) is 12.9. The van der Waals surface area contributed by atoms with Crippen LogP contribution < -0.4 is 26.3 Å². The Labute approximate surface area is 402 Å². The lowest BCUT2D eigenvalue weighted by Gasteiger charge is -2.19. The molecule has 35 heteroatoms. The minimum Gasteiger partial charge on any atom is -0.477 e. The number of anilines is 9. The fraction of sp³-hybridized carbons (Fsp3) is 0.0571. The van der Waals surface area contributed by atoms with Crippen molar-refractivity contribution in [3.05, 3.63) is 95.0 Å². The minimum absolute atomic E-state index is 0.0490. The summed E-state index contributed by atoms with van der Waals surface area (Å²) >= 11 is 12.1. The van der Waals surface area contributed by atoms with Crippen molar-refractivity contribution in [1.29, 1.82) is 0 Å². The molecule has 1 atom stereocenters. The predicted octanol–water partition coefficient (Wildman–Crippen LogP) is 4.57. The molecule has 0 bridgehead atoms. The van der Waals surface area contributed by atoms with E-state index < -0.39 is 100 Å². The zero-order valence-corrected chi connectivity index (χ0v) is 39.0. The van der Waals surface area contributed by atoms with Crippen molar-refractivity contribution in [2.75, 3.05) is 26.3 Å². The van der Waals surface area contributed by atoms with Gasteiger partial charge in [-0.05, 0) is 115 Å². The summed E-state index contributed by atoms with van der Waals surface area (Å²) in [6.45, 7) is 1.31. The maximum absolute atomic E-state index is 13.9. The molecule has 1 amide bonds. The largest absolute Gasteiger partial charge is 0.477 e. The van der Waals surface area contributed by atoms with Crippen molar-refractivity contribution < 1.29 is 66.6 Å². The molecule has 1 aliphatic heterocycles. The Morgan fingerprint density at radius 1 is 0.600 bits per heavy atom. The first-order chi connectivity index (χ1) is 32.6. The van der Waals surface area contributed by atoms with E-state index >= 15 is 0 Å². The number of azo groups is 1. The van der Waals surface area contributed by atoms with Crippen molar-refractivity contribution in [2.24, 2.45) is 15.3 Å². The van der Waals surface area contributed by atoms with Crippen LogP contribution in [0, 0.1) is 6.92 Å². The highest BCUT2D eigenvalue weighted by molar-refractivity contribution is 7.86. The maximum atomic E-state index is 13.9. The first kappa shape index (κ1) is 50.4. The van der Waals surface area contributed by atoms with Crippen molar-refractivity contribution in [3.8, 4) is 0 Å². The number of hydrogen-bond acceptors (Lipinski definition) is 23. The number of nitrogens with zero attached hydrogens (tertiary/aromatic N) is 10. The van der Waals surface area contributed by atoms with Crippen LogP contribution in [0.5, 0.6) is 0 Å². The summed E-state index contributed by atoms with van der Waals surface area (Å²) in [5.74, 6) is -4.20. The molecule has 0 aliphatic carbocycles. The Morgan fingerprint density at radius 2 is 1.04 bits per heavy atom. The molecular weight excluding hydrogens is 1060 g/mol. The van der Waals surface area contributed by atoms with Crippen LogP contribution in [-0.4, -0.2) is 111 Å². The maximum Gasteiger partial charge on any atom is 0.355 e. The molecule has 6 aromatic rings. The number of aliphatic carboxylic acids is 1. The first-order valence-electron chi connectivity index (χ1n) is 18.5. The number of hydrazone groups is 1. The van der Waals surface area contributed by atoms with Crippen LogP contribution in [0.4, 0.5) is 57.9 Å². The highest BCUT2D eigenvalue weighted by Gasteiger charge is 2.42. The molecule has 0 spiro atoms. The number of hydrogen-bond donors (Lipinski definition) is 9. The topological polar surface area (TPSA) is 438 Å².